The lowest BCUT2D eigenvalue weighted by Crippen LogP contribution is -2.51. The van der Waals surface area contributed by atoms with Crippen LogP contribution < -0.4 is 16.2 Å². The second-order valence-electron chi connectivity index (χ2n) is 9.09. The zero-order valence-electron chi connectivity index (χ0n) is 20.2. The first kappa shape index (κ1) is 25.7. The fourth-order valence-electron chi connectivity index (χ4n) is 4.48. The van der Waals surface area contributed by atoms with E-state index in [0.29, 0.717) is 27.4 Å². The van der Waals surface area contributed by atoms with Crippen molar-refractivity contribution >= 4 is 44.3 Å². The molecule has 2 amide bonds. The first-order valence-corrected chi connectivity index (χ1v) is 13.9. The Kier molecular flexibility index (Phi) is 6.82. The molecular formula is C26H24ClN5O5S. The maximum Gasteiger partial charge on any atom is 0.255 e. The number of carbonyl (C=O) groups excluding carboxylic acids is 2. The number of hydrogen-bond donors (Lipinski definition) is 3. The Labute approximate surface area is 223 Å². The minimum atomic E-state index is -3.56. The molecule has 2 aromatic carbocycles. The van der Waals surface area contributed by atoms with Crippen molar-refractivity contribution in [1.29, 1.82) is 0 Å². The molecule has 3 heterocycles. The van der Waals surface area contributed by atoms with Crippen molar-refractivity contribution in [2.75, 3.05) is 19.3 Å². The highest BCUT2D eigenvalue weighted by molar-refractivity contribution is 7.88. The highest BCUT2D eigenvalue weighted by Gasteiger charge is 2.39. The predicted octanol–water partition coefficient (Wildman–Crippen LogP) is 2.14. The van der Waals surface area contributed by atoms with E-state index in [1.807, 2.05) is 0 Å². The molecular weight excluding hydrogens is 530 g/mol. The van der Waals surface area contributed by atoms with Crippen LogP contribution in [0.3, 0.4) is 0 Å². The second kappa shape index (κ2) is 10.1. The fraction of sp³-hybridized carbons (Fsp3) is 0.192. The van der Waals surface area contributed by atoms with E-state index in [4.69, 9.17) is 11.6 Å². The molecule has 0 spiro atoms. The van der Waals surface area contributed by atoms with Crippen molar-refractivity contribution in [3.8, 4) is 5.69 Å². The normalized spacial score (nSPS) is 17.9. The maximum atomic E-state index is 13.0. The lowest BCUT2D eigenvalue weighted by molar-refractivity contribution is 0.0897. The van der Waals surface area contributed by atoms with Gasteiger partial charge in [-0.3, -0.25) is 19.0 Å². The summed E-state index contributed by atoms with van der Waals surface area (Å²) >= 11 is 6.12. The minimum absolute atomic E-state index is 0.0122. The Balaban J connectivity index is 1.33. The highest BCUT2D eigenvalue weighted by Crippen LogP contribution is 2.24. The molecule has 0 radical (unpaired) electrons. The Morgan fingerprint density at radius 3 is 2.21 bits per heavy atom. The molecule has 1 aliphatic rings. The number of halogens is 1. The van der Waals surface area contributed by atoms with Crippen molar-refractivity contribution in [3.63, 3.8) is 0 Å². The third-order valence-electron chi connectivity index (χ3n) is 6.51. The van der Waals surface area contributed by atoms with E-state index < -0.39 is 33.9 Å². The number of hydrogen-bond acceptors (Lipinski definition) is 5. The Hall–Kier alpha value is -3.93. The molecule has 1 aliphatic heterocycles. The molecule has 0 saturated carbocycles. The molecule has 0 unspecified atom stereocenters. The van der Waals surface area contributed by atoms with Gasteiger partial charge in [0.05, 0.1) is 23.4 Å². The van der Waals surface area contributed by atoms with E-state index in [2.05, 4.69) is 15.6 Å². The zero-order chi connectivity index (χ0) is 27.0. The van der Waals surface area contributed by atoms with Crippen LogP contribution in [0.15, 0.2) is 77.9 Å². The second-order valence-corrected chi connectivity index (χ2v) is 11.5. The van der Waals surface area contributed by atoms with Crippen molar-refractivity contribution in [2.45, 2.75) is 12.1 Å². The lowest BCUT2D eigenvalue weighted by atomic mass is 10.1. The van der Waals surface area contributed by atoms with Gasteiger partial charge in [0, 0.05) is 59.3 Å². The van der Waals surface area contributed by atoms with Gasteiger partial charge in [-0.25, -0.2) is 8.42 Å². The summed E-state index contributed by atoms with van der Waals surface area (Å²) in [4.78, 5) is 41.1. The average molecular weight is 554 g/mol. The van der Waals surface area contributed by atoms with Crippen LogP contribution in [0.4, 0.5) is 0 Å². The minimum Gasteiger partial charge on any atom is -0.360 e. The Bertz CT molecular complexity index is 1700. The van der Waals surface area contributed by atoms with Gasteiger partial charge in [0.1, 0.15) is 0 Å². The SMILES string of the molecule is CS(=O)(=O)N1C[C@H](NC(=O)c2ccc(-n3ccccc3=O)cc2)[C@H](NC(=O)c2ccc3c(Cl)c[nH]c3c2)C1. The van der Waals surface area contributed by atoms with Crippen molar-refractivity contribution in [2.24, 2.45) is 0 Å². The number of fused-ring (bicyclic) bond motifs is 1. The van der Waals surface area contributed by atoms with Gasteiger partial charge in [-0.2, -0.15) is 4.31 Å². The van der Waals surface area contributed by atoms with Gasteiger partial charge in [0.2, 0.25) is 10.0 Å². The molecule has 3 N–H and O–H groups in total. The van der Waals surface area contributed by atoms with E-state index >= 15 is 0 Å². The number of sulfonamides is 1. The molecule has 4 aromatic rings. The zero-order valence-corrected chi connectivity index (χ0v) is 21.8. The van der Waals surface area contributed by atoms with Crippen LogP contribution in [-0.4, -0.2) is 65.5 Å². The summed E-state index contributed by atoms with van der Waals surface area (Å²) < 4.78 is 27.2. The number of nitrogens with one attached hydrogen (secondary N) is 3. The Morgan fingerprint density at radius 1 is 0.947 bits per heavy atom. The molecule has 5 rings (SSSR count). The van der Waals surface area contributed by atoms with E-state index in [-0.39, 0.29) is 18.6 Å². The lowest BCUT2D eigenvalue weighted by Gasteiger charge is -2.21. The van der Waals surface area contributed by atoms with Crippen LogP contribution in [0.5, 0.6) is 0 Å². The quantitative estimate of drug-likeness (QED) is 0.336. The molecule has 1 fully saturated rings. The fourth-order valence-corrected chi connectivity index (χ4v) is 5.56. The smallest absolute Gasteiger partial charge is 0.255 e. The number of H-pyrrole nitrogens is 1. The van der Waals surface area contributed by atoms with Crippen molar-refractivity contribution < 1.29 is 18.0 Å². The van der Waals surface area contributed by atoms with Crippen LogP contribution in [0.25, 0.3) is 16.6 Å². The summed E-state index contributed by atoms with van der Waals surface area (Å²) in [7, 11) is -3.56. The van der Waals surface area contributed by atoms with Crippen LogP contribution in [0.2, 0.25) is 5.02 Å². The van der Waals surface area contributed by atoms with Gasteiger partial charge >= 0.3 is 0 Å². The molecule has 1 saturated heterocycles. The molecule has 38 heavy (non-hydrogen) atoms. The third kappa shape index (κ3) is 5.21. The maximum absolute atomic E-state index is 13.0. The summed E-state index contributed by atoms with van der Waals surface area (Å²) in [5.74, 6) is -0.839. The van der Waals surface area contributed by atoms with Crippen molar-refractivity contribution in [1.82, 2.24) is 24.5 Å². The van der Waals surface area contributed by atoms with Gasteiger partial charge in [-0.05, 0) is 42.5 Å². The van der Waals surface area contributed by atoms with Crippen LogP contribution >= 0.6 is 11.6 Å². The topological polar surface area (TPSA) is 133 Å². The van der Waals surface area contributed by atoms with E-state index in [1.54, 1.807) is 67.0 Å². The number of nitrogens with zero attached hydrogens (tertiary/aromatic N) is 2. The van der Waals surface area contributed by atoms with Gasteiger partial charge in [0.25, 0.3) is 17.4 Å². The summed E-state index contributed by atoms with van der Waals surface area (Å²) in [6.07, 6.45) is 4.35. The van der Waals surface area contributed by atoms with Crippen LogP contribution in [-0.2, 0) is 10.0 Å². The van der Waals surface area contributed by atoms with Gasteiger partial charge in [-0.15, -0.1) is 0 Å². The average Bonchev–Trinajstić information content (AvgIpc) is 3.47. The molecule has 2 aromatic heterocycles. The standard InChI is InChI=1S/C26H24ClN5O5S/c1-38(36,37)31-14-22(23(15-31)30-26(35)17-7-10-19-20(27)13-28-21(19)12-17)29-25(34)16-5-8-18(9-6-16)32-11-3-2-4-24(32)33/h2-13,22-23,28H,14-15H2,1H3,(H,29,34)(H,30,35)/t22-,23+/m0/s1. The molecule has 10 nitrogen and oxygen atoms in total. The third-order valence-corrected chi connectivity index (χ3v) is 8.06. The van der Waals surface area contributed by atoms with E-state index in [9.17, 15) is 22.8 Å². The number of rotatable bonds is 6. The predicted molar refractivity (Wildman–Crippen MR) is 144 cm³/mol. The first-order valence-electron chi connectivity index (χ1n) is 11.7. The summed E-state index contributed by atoms with van der Waals surface area (Å²) in [6, 6.07) is 15.0. The monoisotopic (exact) mass is 553 g/mol. The van der Waals surface area contributed by atoms with Gasteiger partial charge in [0.15, 0.2) is 0 Å². The molecule has 12 heteroatoms. The number of amides is 2. The number of aromatic nitrogens is 2. The summed E-state index contributed by atoms with van der Waals surface area (Å²) in [5, 5.41) is 7.04. The van der Waals surface area contributed by atoms with Gasteiger partial charge < -0.3 is 15.6 Å². The number of benzene rings is 2. The molecule has 196 valence electrons. The van der Waals surface area contributed by atoms with E-state index in [1.165, 1.54) is 14.9 Å². The highest BCUT2D eigenvalue weighted by atomic mass is 35.5. The first-order chi connectivity index (χ1) is 18.1. The number of aromatic amines is 1. The van der Waals surface area contributed by atoms with E-state index in [0.717, 1.165) is 11.6 Å². The summed E-state index contributed by atoms with van der Waals surface area (Å²) in [6.45, 7) is 0.0280. The van der Waals surface area contributed by atoms with Gasteiger partial charge in [-0.1, -0.05) is 23.7 Å². The molecule has 2 atom stereocenters. The van der Waals surface area contributed by atoms with Crippen LogP contribution in [0, 0.1) is 0 Å². The molecule has 0 aliphatic carbocycles. The number of carbonyl (C=O) groups is 2. The summed E-state index contributed by atoms with van der Waals surface area (Å²) in [5.41, 5.74) is 1.79. The van der Waals surface area contributed by atoms with Crippen LogP contribution in [0.1, 0.15) is 20.7 Å². The molecule has 0 bridgehead atoms. The van der Waals surface area contributed by atoms with Crippen molar-refractivity contribution in [3.05, 3.63) is 99.6 Å². The number of pyridine rings is 1. The largest absolute Gasteiger partial charge is 0.360 e. The Morgan fingerprint density at radius 2 is 1.58 bits per heavy atom.